The Morgan fingerprint density at radius 3 is 2.86 bits per heavy atom. The normalized spacial score (nSPS) is 35.1. The third kappa shape index (κ3) is 3.42. The van der Waals surface area contributed by atoms with Crippen LogP contribution in [0.1, 0.15) is 36.4 Å². The number of H-pyrrole nitrogens is 1. The number of anilines is 1. The minimum absolute atomic E-state index is 0.0207. The standard InChI is InChI=1S/C26H30ClFN8O/c27-21-14(6-5-13-15(21)9-31-35-25(13)37)22-23-24(34-33-22)32-20(10-30-23)36-8-7-16-18(11-36)26(16,12-29)17-3-1-2-4-19(17)28/h1-4,10,13-16,18,21,31H,5-9,11-12,29H2,(H,35,37)(H,32,33,34)/t13?,14?,15?,16-,18+,21?,26-/m1/s1. The van der Waals surface area contributed by atoms with Gasteiger partial charge in [0.05, 0.1) is 11.9 Å². The number of hydrazine groups is 1. The first kappa shape index (κ1) is 23.3. The lowest BCUT2D eigenvalue weighted by atomic mass is 9.71. The molecule has 2 aliphatic heterocycles. The average molecular weight is 525 g/mol. The van der Waals surface area contributed by atoms with E-state index in [0.717, 1.165) is 54.9 Å². The maximum atomic E-state index is 14.7. The smallest absolute Gasteiger partial charge is 0.237 e. The summed E-state index contributed by atoms with van der Waals surface area (Å²) in [6.45, 7) is 2.67. The van der Waals surface area contributed by atoms with Gasteiger partial charge in [0, 0.05) is 54.7 Å². The fourth-order valence-electron chi connectivity index (χ4n) is 7.54. The largest absolute Gasteiger partial charge is 0.355 e. The van der Waals surface area contributed by atoms with E-state index in [-0.39, 0.29) is 46.2 Å². The first-order chi connectivity index (χ1) is 18.0. The molecular weight excluding hydrogens is 495 g/mol. The maximum Gasteiger partial charge on any atom is 0.237 e. The molecule has 1 aromatic carbocycles. The van der Waals surface area contributed by atoms with Crippen molar-refractivity contribution in [2.45, 2.75) is 36.0 Å². The fourth-order valence-corrected chi connectivity index (χ4v) is 8.05. The maximum absolute atomic E-state index is 14.7. The lowest BCUT2D eigenvalue weighted by Gasteiger charge is -2.41. The molecule has 11 heteroatoms. The van der Waals surface area contributed by atoms with Gasteiger partial charge in [-0.25, -0.2) is 19.8 Å². The van der Waals surface area contributed by atoms with Crippen molar-refractivity contribution in [3.05, 3.63) is 47.5 Å². The van der Waals surface area contributed by atoms with Gasteiger partial charge in [0.1, 0.15) is 17.2 Å². The van der Waals surface area contributed by atoms with Crippen LogP contribution in [0.5, 0.6) is 0 Å². The van der Waals surface area contributed by atoms with Crippen LogP contribution in [-0.2, 0) is 10.2 Å². The molecule has 5 N–H and O–H groups in total. The number of nitrogens with one attached hydrogen (secondary N) is 3. The molecule has 37 heavy (non-hydrogen) atoms. The molecule has 0 radical (unpaired) electrons. The molecule has 0 bridgehead atoms. The van der Waals surface area contributed by atoms with Gasteiger partial charge in [-0.05, 0) is 42.7 Å². The van der Waals surface area contributed by atoms with Crippen LogP contribution >= 0.6 is 11.6 Å². The van der Waals surface area contributed by atoms with Crippen molar-refractivity contribution in [1.82, 2.24) is 31.0 Å². The number of hydrogen-bond acceptors (Lipinski definition) is 7. The summed E-state index contributed by atoms with van der Waals surface area (Å²) >= 11 is 6.93. The first-order valence-corrected chi connectivity index (χ1v) is 13.5. The highest BCUT2D eigenvalue weighted by molar-refractivity contribution is 6.21. The van der Waals surface area contributed by atoms with Gasteiger partial charge in [-0.1, -0.05) is 18.2 Å². The van der Waals surface area contributed by atoms with E-state index in [1.54, 1.807) is 6.07 Å². The number of aromatic amines is 1. The number of nitrogens with zero attached hydrogens (tertiary/aromatic N) is 4. The van der Waals surface area contributed by atoms with Gasteiger partial charge in [-0.3, -0.25) is 15.3 Å². The van der Waals surface area contributed by atoms with Crippen LogP contribution < -0.4 is 21.5 Å². The number of rotatable bonds is 4. The molecular formula is C26H30ClFN8O. The SMILES string of the molecule is NC[C@]1(c2ccccc2F)[C@@H]2CCN(c3cnc4c(C5CCC6C(=O)NNCC6C5Cl)[nH]nc4n3)C[C@@H]21. The molecule has 4 heterocycles. The summed E-state index contributed by atoms with van der Waals surface area (Å²) < 4.78 is 14.7. The molecule has 1 amide bonds. The van der Waals surface area contributed by atoms with Crippen molar-refractivity contribution < 1.29 is 9.18 Å². The van der Waals surface area contributed by atoms with Crippen LogP contribution in [0, 0.1) is 29.5 Å². The zero-order valence-electron chi connectivity index (χ0n) is 20.3. The van der Waals surface area contributed by atoms with E-state index in [1.165, 1.54) is 6.07 Å². The minimum atomic E-state index is -0.309. The molecule has 2 aromatic heterocycles. The predicted octanol–water partition coefficient (Wildman–Crippen LogP) is 2.20. The predicted molar refractivity (Wildman–Crippen MR) is 137 cm³/mol. The van der Waals surface area contributed by atoms with E-state index >= 15 is 0 Å². The number of carbonyl (C=O) groups excluding carboxylic acids is 1. The number of alkyl halides is 1. The van der Waals surface area contributed by atoms with E-state index in [2.05, 4.69) is 25.9 Å². The van der Waals surface area contributed by atoms with Gasteiger partial charge in [0.15, 0.2) is 0 Å². The number of piperidine rings is 1. The first-order valence-electron chi connectivity index (χ1n) is 13.1. The lowest BCUT2D eigenvalue weighted by Crippen LogP contribution is -2.57. The Morgan fingerprint density at radius 1 is 1.19 bits per heavy atom. The molecule has 0 spiro atoms. The topological polar surface area (TPSA) is 125 Å². The number of aromatic nitrogens is 4. The van der Waals surface area contributed by atoms with E-state index in [1.807, 2.05) is 18.3 Å². The molecule has 7 atom stereocenters. The zero-order valence-corrected chi connectivity index (χ0v) is 21.1. The van der Waals surface area contributed by atoms with E-state index in [9.17, 15) is 9.18 Å². The summed E-state index contributed by atoms with van der Waals surface area (Å²) in [4.78, 5) is 24.1. The number of benzene rings is 1. The Bertz CT molecular complexity index is 1370. The third-order valence-electron chi connectivity index (χ3n) is 9.50. The molecule has 3 aromatic rings. The molecule has 7 rings (SSSR count). The van der Waals surface area contributed by atoms with Gasteiger partial charge in [-0.2, -0.15) is 5.10 Å². The second kappa shape index (κ2) is 8.61. The molecule has 4 fully saturated rings. The quantitative estimate of drug-likeness (QED) is 0.386. The number of nitrogens with two attached hydrogens (primary N) is 1. The Labute approximate surface area is 218 Å². The molecule has 4 aliphatic rings. The number of hydrogen-bond donors (Lipinski definition) is 4. The molecule has 194 valence electrons. The molecule has 9 nitrogen and oxygen atoms in total. The third-order valence-corrected chi connectivity index (χ3v) is 10.1. The van der Waals surface area contributed by atoms with Crippen LogP contribution in [0.15, 0.2) is 30.5 Å². The molecule has 4 unspecified atom stereocenters. The molecule has 2 saturated heterocycles. The Balaban J connectivity index is 1.12. The Morgan fingerprint density at radius 2 is 2.03 bits per heavy atom. The Kier molecular flexibility index (Phi) is 5.42. The van der Waals surface area contributed by atoms with Crippen molar-refractivity contribution in [2.75, 3.05) is 31.1 Å². The van der Waals surface area contributed by atoms with Gasteiger partial charge >= 0.3 is 0 Å². The van der Waals surface area contributed by atoms with Gasteiger partial charge in [0.25, 0.3) is 0 Å². The molecule has 2 saturated carbocycles. The Hall–Kier alpha value is -2.82. The second-order valence-electron chi connectivity index (χ2n) is 11.0. The number of amides is 1. The highest BCUT2D eigenvalue weighted by Crippen LogP contribution is 2.63. The lowest BCUT2D eigenvalue weighted by molar-refractivity contribution is -0.131. The van der Waals surface area contributed by atoms with Crippen molar-refractivity contribution in [3.63, 3.8) is 0 Å². The van der Waals surface area contributed by atoms with Crippen LogP contribution in [0.4, 0.5) is 10.2 Å². The number of carbonyl (C=O) groups is 1. The average Bonchev–Trinajstić information content (AvgIpc) is 3.38. The summed E-state index contributed by atoms with van der Waals surface area (Å²) in [5.74, 6) is 1.29. The highest BCUT2D eigenvalue weighted by atomic mass is 35.5. The zero-order chi connectivity index (χ0) is 25.3. The highest BCUT2D eigenvalue weighted by Gasteiger charge is 2.66. The van der Waals surface area contributed by atoms with Crippen molar-refractivity contribution in [2.24, 2.45) is 29.4 Å². The summed E-state index contributed by atoms with van der Waals surface area (Å²) in [6, 6.07) is 7.03. The monoisotopic (exact) mass is 524 g/mol. The van der Waals surface area contributed by atoms with Crippen LogP contribution in [0.3, 0.4) is 0 Å². The fraction of sp³-hybridized carbons (Fsp3) is 0.538. The van der Waals surface area contributed by atoms with Crippen molar-refractivity contribution in [1.29, 1.82) is 0 Å². The van der Waals surface area contributed by atoms with Crippen molar-refractivity contribution >= 4 is 34.5 Å². The number of halogens is 2. The van der Waals surface area contributed by atoms with E-state index in [0.29, 0.717) is 24.7 Å². The van der Waals surface area contributed by atoms with Crippen molar-refractivity contribution in [3.8, 4) is 0 Å². The minimum Gasteiger partial charge on any atom is -0.355 e. The van der Waals surface area contributed by atoms with Gasteiger partial charge in [-0.15, -0.1) is 11.6 Å². The summed E-state index contributed by atoms with van der Waals surface area (Å²) in [7, 11) is 0. The van der Waals surface area contributed by atoms with Crippen LogP contribution in [0.25, 0.3) is 11.2 Å². The van der Waals surface area contributed by atoms with E-state index in [4.69, 9.17) is 27.3 Å². The molecule has 2 aliphatic carbocycles. The van der Waals surface area contributed by atoms with Gasteiger partial charge in [0.2, 0.25) is 11.6 Å². The van der Waals surface area contributed by atoms with Crippen LogP contribution in [0.2, 0.25) is 0 Å². The summed E-state index contributed by atoms with van der Waals surface area (Å²) in [5, 5.41) is 7.44. The number of fused-ring (bicyclic) bond motifs is 3. The summed E-state index contributed by atoms with van der Waals surface area (Å²) in [5.41, 5.74) is 14.6. The van der Waals surface area contributed by atoms with Gasteiger partial charge < -0.3 is 10.6 Å². The van der Waals surface area contributed by atoms with Crippen LogP contribution in [-0.4, -0.2) is 57.6 Å². The second-order valence-corrected chi connectivity index (χ2v) is 11.5. The van der Waals surface area contributed by atoms with E-state index < -0.39 is 0 Å². The summed E-state index contributed by atoms with van der Waals surface area (Å²) in [6.07, 6.45) is 4.30.